The molecule has 0 saturated carbocycles. The van der Waals surface area contributed by atoms with Crippen molar-refractivity contribution >= 4 is 5.97 Å². The van der Waals surface area contributed by atoms with E-state index in [1.807, 2.05) is 42.5 Å². The third-order valence-electron chi connectivity index (χ3n) is 3.77. The third kappa shape index (κ3) is 4.75. The molecule has 2 aromatic carbocycles. The van der Waals surface area contributed by atoms with E-state index in [1.165, 1.54) is 0 Å². The summed E-state index contributed by atoms with van der Waals surface area (Å²) in [5.41, 5.74) is 1.97. The van der Waals surface area contributed by atoms with Gasteiger partial charge in [-0.1, -0.05) is 32.9 Å². The van der Waals surface area contributed by atoms with Crippen molar-refractivity contribution in [3.05, 3.63) is 53.6 Å². The van der Waals surface area contributed by atoms with Gasteiger partial charge in [0.15, 0.2) is 0 Å². The van der Waals surface area contributed by atoms with E-state index >= 15 is 0 Å². The number of benzene rings is 2. The van der Waals surface area contributed by atoms with Crippen LogP contribution < -0.4 is 9.47 Å². The van der Waals surface area contributed by atoms with Gasteiger partial charge in [0.2, 0.25) is 0 Å². The Morgan fingerprint density at radius 1 is 1.04 bits per heavy atom. The molecule has 0 amide bonds. The Labute approximate surface area is 143 Å². The highest BCUT2D eigenvalue weighted by molar-refractivity contribution is 5.67. The Kier molecular flexibility index (Phi) is 5.50. The number of carboxylic acids is 1. The average Bonchev–Trinajstić information content (AvgIpc) is 2.53. The molecule has 2 aromatic rings. The molecule has 0 heterocycles. The molecule has 4 nitrogen and oxygen atoms in total. The number of ether oxygens (including phenoxy) is 2. The smallest absolute Gasteiger partial charge is 0.303 e. The molecule has 128 valence electrons. The van der Waals surface area contributed by atoms with Gasteiger partial charge >= 0.3 is 5.97 Å². The van der Waals surface area contributed by atoms with Gasteiger partial charge in [-0.2, -0.15) is 0 Å². The average molecular weight is 328 g/mol. The molecule has 0 fully saturated rings. The standard InChI is InChI=1S/C20H24O4/c1-20(2,3)17-13-16(23-4)10-11-18(17)24-15-8-5-14(6-9-15)7-12-19(21)22/h5-6,8-11,13H,7,12H2,1-4H3,(H,21,22). The van der Waals surface area contributed by atoms with Crippen LogP contribution in [0.3, 0.4) is 0 Å². The normalized spacial score (nSPS) is 11.2. The maximum Gasteiger partial charge on any atom is 0.303 e. The first-order valence-corrected chi connectivity index (χ1v) is 7.96. The second-order valence-electron chi connectivity index (χ2n) is 6.75. The monoisotopic (exact) mass is 328 g/mol. The van der Waals surface area contributed by atoms with Crippen LogP contribution in [0.4, 0.5) is 0 Å². The SMILES string of the molecule is COc1ccc(Oc2ccc(CCC(=O)O)cc2)c(C(C)(C)C)c1. The van der Waals surface area contributed by atoms with E-state index in [2.05, 4.69) is 20.8 Å². The molecule has 1 N–H and O–H groups in total. The highest BCUT2D eigenvalue weighted by Crippen LogP contribution is 2.36. The minimum atomic E-state index is -0.789. The fourth-order valence-electron chi connectivity index (χ4n) is 2.41. The number of aryl methyl sites for hydroxylation is 1. The van der Waals surface area contributed by atoms with Crippen molar-refractivity contribution in [3.8, 4) is 17.2 Å². The predicted molar refractivity (Wildman–Crippen MR) is 94.2 cm³/mol. The summed E-state index contributed by atoms with van der Waals surface area (Å²) in [4.78, 5) is 10.6. The van der Waals surface area contributed by atoms with Crippen LogP contribution in [-0.2, 0) is 16.6 Å². The molecule has 2 rings (SSSR count). The first-order valence-electron chi connectivity index (χ1n) is 7.96. The van der Waals surface area contributed by atoms with Crippen LogP contribution in [0.25, 0.3) is 0 Å². The van der Waals surface area contributed by atoms with Crippen molar-refractivity contribution < 1.29 is 19.4 Å². The summed E-state index contributed by atoms with van der Waals surface area (Å²) in [7, 11) is 1.65. The van der Waals surface area contributed by atoms with Crippen LogP contribution >= 0.6 is 0 Å². The van der Waals surface area contributed by atoms with E-state index in [-0.39, 0.29) is 11.8 Å². The molecule has 24 heavy (non-hydrogen) atoms. The topological polar surface area (TPSA) is 55.8 Å². The minimum Gasteiger partial charge on any atom is -0.497 e. The van der Waals surface area contributed by atoms with E-state index < -0.39 is 5.97 Å². The number of hydrogen-bond donors (Lipinski definition) is 1. The number of hydrogen-bond acceptors (Lipinski definition) is 3. The summed E-state index contributed by atoms with van der Waals surface area (Å²) in [6.07, 6.45) is 0.651. The van der Waals surface area contributed by atoms with Crippen molar-refractivity contribution in [2.45, 2.75) is 39.0 Å². The number of carboxylic acid groups (broad SMARTS) is 1. The van der Waals surface area contributed by atoms with Crippen molar-refractivity contribution in [1.29, 1.82) is 0 Å². The Balaban J connectivity index is 2.20. The van der Waals surface area contributed by atoms with E-state index in [0.717, 1.165) is 28.4 Å². The second kappa shape index (κ2) is 7.39. The Morgan fingerprint density at radius 3 is 2.21 bits per heavy atom. The maximum atomic E-state index is 10.6. The summed E-state index contributed by atoms with van der Waals surface area (Å²) in [6, 6.07) is 13.3. The van der Waals surface area contributed by atoms with E-state index in [0.29, 0.717) is 6.42 Å². The van der Waals surface area contributed by atoms with E-state index in [1.54, 1.807) is 7.11 Å². The van der Waals surface area contributed by atoms with Gasteiger partial charge < -0.3 is 14.6 Å². The molecule has 0 atom stereocenters. The number of aliphatic carboxylic acids is 1. The fourth-order valence-corrected chi connectivity index (χ4v) is 2.41. The molecule has 0 aliphatic heterocycles. The lowest BCUT2D eigenvalue weighted by Gasteiger charge is -2.23. The van der Waals surface area contributed by atoms with Gasteiger partial charge in [-0.25, -0.2) is 0 Å². The number of rotatable bonds is 6. The zero-order chi connectivity index (χ0) is 17.7. The first-order chi connectivity index (χ1) is 11.3. The number of carbonyl (C=O) groups is 1. The zero-order valence-corrected chi connectivity index (χ0v) is 14.6. The molecule has 0 unspecified atom stereocenters. The fraction of sp³-hybridized carbons (Fsp3) is 0.350. The van der Waals surface area contributed by atoms with Crippen molar-refractivity contribution in [1.82, 2.24) is 0 Å². The van der Waals surface area contributed by atoms with Gasteiger partial charge in [-0.3, -0.25) is 4.79 Å². The van der Waals surface area contributed by atoms with Crippen molar-refractivity contribution in [3.63, 3.8) is 0 Å². The molecule has 0 bridgehead atoms. The molecular formula is C20H24O4. The van der Waals surface area contributed by atoms with Gasteiger partial charge in [-0.15, -0.1) is 0 Å². The molecule has 0 aliphatic carbocycles. The van der Waals surface area contributed by atoms with E-state index in [4.69, 9.17) is 14.6 Å². The Bertz CT molecular complexity index is 697. The molecule has 4 heteroatoms. The molecule has 0 spiro atoms. The first kappa shape index (κ1) is 17.9. The lowest BCUT2D eigenvalue weighted by atomic mass is 9.86. The van der Waals surface area contributed by atoms with Crippen LogP contribution in [0, 0.1) is 0 Å². The van der Waals surface area contributed by atoms with Crippen LogP contribution in [0.15, 0.2) is 42.5 Å². The van der Waals surface area contributed by atoms with Crippen LogP contribution in [-0.4, -0.2) is 18.2 Å². The highest BCUT2D eigenvalue weighted by Gasteiger charge is 2.20. The highest BCUT2D eigenvalue weighted by atomic mass is 16.5. The van der Waals surface area contributed by atoms with Gasteiger partial charge in [0.25, 0.3) is 0 Å². The molecule has 0 saturated heterocycles. The predicted octanol–water partition coefficient (Wildman–Crippen LogP) is 4.80. The number of methoxy groups -OCH3 is 1. The van der Waals surface area contributed by atoms with Crippen LogP contribution in [0.2, 0.25) is 0 Å². The Hall–Kier alpha value is -2.49. The lowest BCUT2D eigenvalue weighted by molar-refractivity contribution is -0.136. The lowest BCUT2D eigenvalue weighted by Crippen LogP contribution is -2.12. The van der Waals surface area contributed by atoms with Crippen molar-refractivity contribution in [2.75, 3.05) is 7.11 Å². The summed E-state index contributed by atoms with van der Waals surface area (Å²) >= 11 is 0. The van der Waals surface area contributed by atoms with Gasteiger partial charge in [0.1, 0.15) is 17.2 Å². The maximum absolute atomic E-state index is 10.6. The molecular weight excluding hydrogens is 304 g/mol. The molecule has 0 aliphatic rings. The van der Waals surface area contributed by atoms with Gasteiger partial charge in [0.05, 0.1) is 7.11 Å². The van der Waals surface area contributed by atoms with Crippen LogP contribution in [0.1, 0.15) is 38.3 Å². The second-order valence-corrected chi connectivity index (χ2v) is 6.75. The summed E-state index contributed by atoms with van der Waals surface area (Å²) in [5.74, 6) is 1.53. The summed E-state index contributed by atoms with van der Waals surface area (Å²) in [5, 5.41) is 8.74. The van der Waals surface area contributed by atoms with Gasteiger partial charge in [-0.05, 0) is 47.7 Å². The zero-order valence-electron chi connectivity index (χ0n) is 14.6. The largest absolute Gasteiger partial charge is 0.497 e. The summed E-state index contributed by atoms with van der Waals surface area (Å²) in [6.45, 7) is 6.39. The molecule has 0 aromatic heterocycles. The minimum absolute atomic E-state index is 0.0781. The molecule has 0 radical (unpaired) electrons. The third-order valence-corrected chi connectivity index (χ3v) is 3.77. The van der Waals surface area contributed by atoms with Gasteiger partial charge in [0, 0.05) is 12.0 Å². The van der Waals surface area contributed by atoms with E-state index in [9.17, 15) is 4.79 Å². The quantitative estimate of drug-likeness (QED) is 0.827. The Morgan fingerprint density at radius 2 is 1.67 bits per heavy atom. The van der Waals surface area contributed by atoms with Crippen molar-refractivity contribution in [2.24, 2.45) is 0 Å². The van der Waals surface area contributed by atoms with Crippen LogP contribution in [0.5, 0.6) is 17.2 Å². The summed E-state index contributed by atoms with van der Waals surface area (Å²) < 4.78 is 11.4.